The van der Waals surface area contributed by atoms with E-state index >= 15 is 0 Å². The molecule has 2 N–H and O–H groups in total. The van der Waals surface area contributed by atoms with E-state index in [0.717, 1.165) is 11.5 Å². The van der Waals surface area contributed by atoms with Crippen LogP contribution in [-0.2, 0) is 0 Å². The second-order valence-electron chi connectivity index (χ2n) is 3.01. The van der Waals surface area contributed by atoms with Gasteiger partial charge in [0, 0.05) is 24.5 Å². The lowest BCUT2D eigenvalue weighted by atomic mass is 9.99. The van der Waals surface area contributed by atoms with Gasteiger partial charge in [0.2, 0.25) is 0 Å². The smallest absolute Gasteiger partial charge is 0.0152 e. The van der Waals surface area contributed by atoms with Crippen molar-refractivity contribution in [3.63, 3.8) is 0 Å². The Morgan fingerprint density at radius 2 is 2.38 bits per heavy atom. The van der Waals surface area contributed by atoms with Gasteiger partial charge in [0.1, 0.15) is 0 Å². The standard InChI is InChI=1S/C6H12N2/c1-7-5-2-6(5)3-8-4-6/h5,7-8H,2-4H2,1H3. The second kappa shape index (κ2) is 1.25. The first-order valence-corrected chi connectivity index (χ1v) is 3.25. The minimum Gasteiger partial charge on any atom is -0.316 e. The second-order valence-corrected chi connectivity index (χ2v) is 3.01. The van der Waals surface area contributed by atoms with Gasteiger partial charge in [0.05, 0.1) is 0 Å². The molecule has 2 aliphatic rings. The van der Waals surface area contributed by atoms with Crippen LogP contribution in [0.1, 0.15) is 6.42 Å². The van der Waals surface area contributed by atoms with Crippen LogP contribution in [0.25, 0.3) is 0 Å². The topological polar surface area (TPSA) is 24.1 Å². The first-order valence-electron chi connectivity index (χ1n) is 3.25. The van der Waals surface area contributed by atoms with Gasteiger partial charge in [0.15, 0.2) is 0 Å². The fraction of sp³-hybridized carbons (Fsp3) is 1.00. The fourth-order valence-electron chi connectivity index (χ4n) is 1.59. The molecule has 2 rings (SSSR count). The lowest BCUT2D eigenvalue weighted by molar-refractivity contribution is 0.303. The summed E-state index contributed by atoms with van der Waals surface area (Å²) in [6, 6.07) is 0.837. The summed E-state index contributed by atoms with van der Waals surface area (Å²) in [4.78, 5) is 0. The Kier molecular flexibility index (Phi) is 0.746. The summed E-state index contributed by atoms with van der Waals surface area (Å²) in [7, 11) is 2.05. The first-order chi connectivity index (χ1) is 3.87. The van der Waals surface area contributed by atoms with Crippen LogP contribution in [0.4, 0.5) is 0 Å². The van der Waals surface area contributed by atoms with Crippen LogP contribution in [0.15, 0.2) is 0 Å². The predicted octanol–water partition coefficient (Wildman–Crippen LogP) is -0.432. The Labute approximate surface area is 49.7 Å². The molecular formula is C6H12N2. The predicted molar refractivity (Wildman–Crippen MR) is 32.8 cm³/mol. The van der Waals surface area contributed by atoms with Crippen molar-refractivity contribution < 1.29 is 0 Å². The zero-order valence-corrected chi connectivity index (χ0v) is 5.20. The minimum absolute atomic E-state index is 0.717. The summed E-state index contributed by atoms with van der Waals surface area (Å²) < 4.78 is 0. The van der Waals surface area contributed by atoms with Gasteiger partial charge in [-0.15, -0.1) is 0 Å². The molecule has 1 atom stereocenters. The van der Waals surface area contributed by atoms with Gasteiger partial charge in [-0.25, -0.2) is 0 Å². The molecule has 0 bridgehead atoms. The van der Waals surface area contributed by atoms with E-state index in [1.165, 1.54) is 19.5 Å². The summed E-state index contributed by atoms with van der Waals surface area (Å²) in [5.41, 5.74) is 0.717. The van der Waals surface area contributed by atoms with E-state index < -0.39 is 0 Å². The number of rotatable bonds is 1. The Morgan fingerprint density at radius 1 is 1.62 bits per heavy atom. The summed E-state index contributed by atoms with van der Waals surface area (Å²) in [6.45, 7) is 2.50. The quantitative estimate of drug-likeness (QED) is 0.481. The summed E-state index contributed by atoms with van der Waals surface area (Å²) >= 11 is 0. The maximum atomic E-state index is 3.29. The van der Waals surface area contributed by atoms with Crippen LogP contribution in [0.3, 0.4) is 0 Å². The number of hydrogen-bond donors (Lipinski definition) is 2. The van der Waals surface area contributed by atoms with Crippen LogP contribution >= 0.6 is 0 Å². The zero-order chi connectivity index (χ0) is 5.61. The molecule has 1 saturated carbocycles. The van der Waals surface area contributed by atoms with Gasteiger partial charge >= 0.3 is 0 Å². The maximum Gasteiger partial charge on any atom is 0.0152 e. The Bertz CT molecular complexity index is 107. The molecule has 46 valence electrons. The molecule has 2 heteroatoms. The molecule has 2 fully saturated rings. The van der Waals surface area contributed by atoms with E-state index in [-0.39, 0.29) is 0 Å². The highest BCUT2D eigenvalue weighted by molar-refractivity contribution is 5.14. The van der Waals surface area contributed by atoms with Crippen molar-refractivity contribution in [2.24, 2.45) is 5.41 Å². The highest BCUT2D eigenvalue weighted by Gasteiger charge is 2.57. The third kappa shape index (κ3) is 0.400. The number of nitrogens with one attached hydrogen (secondary N) is 2. The van der Waals surface area contributed by atoms with E-state index in [2.05, 4.69) is 17.7 Å². The molecule has 0 aromatic rings. The van der Waals surface area contributed by atoms with Crippen LogP contribution in [0.2, 0.25) is 0 Å². The van der Waals surface area contributed by atoms with Crippen LogP contribution < -0.4 is 10.6 Å². The van der Waals surface area contributed by atoms with Crippen molar-refractivity contribution in [2.45, 2.75) is 12.5 Å². The molecule has 8 heavy (non-hydrogen) atoms. The summed E-state index contributed by atoms with van der Waals surface area (Å²) in [5.74, 6) is 0. The van der Waals surface area contributed by atoms with Crippen molar-refractivity contribution in [1.29, 1.82) is 0 Å². The zero-order valence-electron chi connectivity index (χ0n) is 5.20. The van der Waals surface area contributed by atoms with Crippen LogP contribution in [0.5, 0.6) is 0 Å². The molecule has 1 spiro atoms. The van der Waals surface area contributed by atoms with Gasteiger partial charge in [0.25, 0.3) is 0 Å². The van der Waals surface area contributed by atoms with Crippen molar-refractivity contribution >= 4 is 0 Å². The van der Waals surface area contributed by atoms with Gasteiger partial charge < -0.3 is 10.6 Å². The third-order valence-corrected chi connectivity index (χ3v) is 2.49. The maximum absolute atomic E-state index is 3.29. The molecule has 0 aromatic carbocycles. The van der Waals surface area contributed by atoms with Crippen molar-refractivity contribution in [3.05, 3.63) is 0 Å². The lowest BCUT2D eigenvalue weighted by Gasteiger charge is -2.28. The van der Waals surface area contributed by atoms with E-state index in [1.54, 1.807) is 0 Å². The van der Waals surface area contributed by atoms with Crippen LogP contribution in [-0.4, -0.2) is 26.2 Å². The molecule has 1 aliphatic carbocycles. The molecule has 2 nitrogen and oxygen atoms in total. The molecular weight excluding hydrogens is 100 g/mol. The summed E-state index contributed by atoms with van der Waals surface area (Å²) in [6.07, 6.45) is 1.40. The van der Waals surface area contributed by atoms with E-state index in [1.807, 2.05) is 0 Å². The van der Waals surface area contributed by atoms with Crippen LogP contribution in [0, 0.1) is 5.41 Å². The average Bonchev–Trinajstić information content (AvgIpc) is 2.36. The van der Waals surface area contributed by atoms with Gasteiger partial charge in [-0.3, -0.25) is 0 Å². The average molecular weight is 112 g/mol. The van der Waals surface area contributed by atoms with E-state index in [0.29, 0.717) is 0 Å². The monoisotopic (exact) mass is 112 g/mol. The van der Waals surface area contributed by atoms with E-state index in [9.17, 15) is 0 Å². The van der Waals surface area contributed by atoms with Crippen molar-refractivity contribution in [1.82, 2.24) is 10.6 Å². The highest BCUT2D eigenvalue weighted by Crippen LogP contribution is 2.48. The molecule has 1 heterocycles. The Balaban J connectivity index is 1.93. The molecule has 0 aromatic heterocycles. The van der Waals surface area contributed by atoms with Gasteiger partial charge in [-0.1, -0.05) is 0 Å². The van der Waals surface area contributed by atoms with Crippen molar-refractivity contribution in [2.75, 3.05) is 20.1 Å². The highest BCUT2D eigenvalue weighted by atomic mass is 15.1. The molecule has 0 amide bonds. The first kappa shape index (κ1) is 4.77. The molecule has 0 radical (unpaired) electrons. The van der Waals surface area contributed by atoms with E-state index in [4.69, 9.17) is 0 Å². The van der Waals surface area contributed by atoms with Crippen molar-refractivity contribution in [3.8, 4) is 0 Å². The normalized spacial score (nSPS) is 39.4. The molecule has 1 aliphatic heterocycles. The van der Waals surface area contributed by atoms with Gasteiger partial charge in [-0.2, -0.15) is 0 Å². The SMILES string of the molecule is CNC1CC12CNC2. The Morgan fingerprint density at radius 3 is 2.50 bits per heavy atom. The number of hydrogen-bond acceptors (Lipinski definition) is 2. The van der Waals surface area contributed by atoms with Gasteiger partial charge in [-0.05, 0) is 13.5 Å². The summed E-state index contributed by atoms with van der Waals surface area (Å²) in [5, 5.41) is 6.58. The molecule has 1 saturated heterocycles. The molecule has 1 unspecified atom stereocenters. The largest absolute Gasteiger partial charge is 0.316 e. The lowest BCUT2D eigenvalue weighted by Crippen LogP contribution is -2.47. The third-order valence-electron chi connectivity index (χ3n) is 2.49. The minimum atomic E-state index is 0.717. The Hall–Kier alpha value is -0.0800. The fourth-order valence-corrected chi connectivity index (χ4v) is 1.59.